The third kappa shape index (κ3) is 1.39. The summed E-state index contributed by atoms with van der Waals surface area (Å²) in [7, 11) is 0. The van der Waals surface area contributed by atoms with Crippen LogP contribution in [0.1, 0.15) is 40.5 Å². The Morgan fingerprint density at radius 3 is 3.00 bits per heavy atom. The lowest BCUT2D eigenvalue weighted by Crippen LogP contribution is -2.11. The topological polar surface area (TPSA) is 37.3 Å². The van der Waals surface area contributed by atoms with Crippen LogP contribution in [-0.2, 0) is 6.42 Å². The number of carboxylic acids is 1. The van der Waals surface area contributed by atoms with Gasteiger partial charge in [-0.15, -0.1) is 0 Å². The van der Waals surface area contributed by atoms with Crippen LogP contribution in [0.4, 0.5) is 4.39 Å². The Balaban J connectivity index is 2.55. The predicted octanol–water partition coefficient (Wildman–Crippen LogP) is 2.73. The minimum absolute atomic E-state index is 0.254. The lowest BCUT2D eigenvalue weighted by molar-refractivity contribution is 0.0695. The van der Waals surface area contributed by atoms with Crippen LogP contribution >= 0.6 is 0 Å². The molecule has 1 unspecified atom stereocenters. The number of fused-ring (bicyclic) bond motifs is 1. The molecular weight excluding hydrogens is 183 g/mol. The van der Waals surface area contributed by atoms with Crippen molar-refractivity contribution in [3.05, 3.63) is 34.9 Å². The molecular formula is C11H11FO2. The molecule has 1 N–H and O–H groups in total. The van der Waals surface area contributed by atoms with E-state index in [2.05, 4.69) is 0 Å². The summed E-state index contributed by atoms with van der Waals surface area (Å²) in [5, 5.41) is 8.90. The van der Waals surface area contributed by atoms with E-state index in [0.717, 1.165) is 6.42 Å². The predicted molar refractivity (Wildman–Crippen MR) is 50.2 cm³/mol. The molecule has 0 saturated heterocycles. The third-order valence-corrected chi connectivity index (χ3v) is 2.66. The van der Waals surface area contributed by atoms with E-state index in [1.807, 2.05) is 0 Å². The molecule has 0 aliphatic heterocycles. The monoisotopic (exact) mass is 194 g/mol. The average molecular weight is 194 g/mol. The van der Waals surface area contributed by atoms with E-state index in [4.69, 9.17) is 5.11 Å². The van der Waals surface area contributed by atoms with Gasteiger partial charge < -0.3 is 5.11 Å². The summed E-state index contributed by atoms with van der Waals surface area (Å²) in [6, 6.07) is 4.84. The zero-order chi connectivity index (χ0) is 10.1. The standard InChI is InChI=1S/C11H11FO2/c12-10-6-2-3-7-8(10)4-1-5-9(7)11(13)14/h1,4-5,10H,2-3,6H2,(H,13,14). The van der Waals surface area contributed by atoms with Gasteiger partial charge in [-0.25, -0.2) is 9.18 Å². The molecule has 1 aromatic rings. The first kappa shape index (κ1) is 9.19. The maximum absolute atomic E-state index is 13.4. The summed E-state index contributed by atoms with van der Waals surface area (Å²) in [6.07, 6.45) is 0.935. The van der Waals surface area contributed by atoms with Gasteiger partial charge in [-0.05, 0) is 36.5 Å². The Labute approximate surface area is 81.4 Å². The van der Waals surface area contributed by atoms with Crippen molar-refractivity contribution in [3.63, 3.8) is 0 Å². The highest BCUT2D eigenvalue weighted by atomic mass is 19.1. The molecule has 1 aromatic carbocycles. The van der Waals surface area contributed by atoms with Gasteiger partial charge in [0.25, 0.3) is 0 Å². The second-order valence-corrected chi connectivity index (χ2v) is 3.54. The Kier molecular flexibility index (Phi) is 2.23. The first-order valence-electron chi connectivity index (χ1n) is 4.69. The van der Waals surface area contributed by atoms with Crippen LogP contribution in [0, 0.1) is 0 Å². The average Bonchev–Trinajstić information content (AvgIpc) is 2.17. The fourth-order valence-corrected chi connectivity index (χ4v) is 1.99. The molecule has 1 atom stereocenters. The van der Waals surface area contributed by atoms with Gasteiger partial charge in [0, 0.05) is 0 Å². The van der Waals surface area contributed by atoms with Crippen LogP contribution in [0.3, 0.4) is 0 Å². The molecule has 0 saturated carbocycles. The first-order valence-corrected chi connectivity index (χ1v) is 4.69. The van der Waals surface area contributed by atoms with E-state index in [1.165, 1.54) is 0 Å². The summed E-state index contributed by atoms with van der Waals surface area (Å²) in [6.45, 7) is 0. The summed E-state index contributed by atoms with van der Waals surface area (Å²) >= 11 is 0. The molecule has 0 fully saturated rings. The van der Waals surface area contributed by atoms with Gasteiger partial charge in [-0.3, -0.25) is 0 Å². The first-order chi connectivity index (χ1) is 6.70. The van der Waals surface area contributed by atoms with Crippen molar-refractivity contribution >= 4 is 5.97 Å². The lowest BCUT2D eigenvalue weighted by atomic mass is 9.87. The maximum Gasteiger partial charge on any atom is 0.335 e. The number of hydrogen-bond donors (Lipinski definition) is 1. The molecule has 0 aromatic heterocycles. The van der Waals surface area contributed by atoms with E-state index in [9.17, 15) is 9.18 Å². The molecule has 0 heterocycles. The molecule has 74 valence electrons. The molecule has 3 heteroatoms. The fourth-order valence-electron chi connectivity index (χ4n) is 1.99. The van der Waals surface area contributed by atoms with Crippen molar-refractivity contribution in [1.29, 1.82) is 0 Å². The number of alkyl halides is 1. The highest BCUT2D eigenvalue weighted by Crippen LogP contribution is 2.34. The van der Waals surface area contributed by atoms with Crippen molar-refractivity contribution < 1.29 is 14.3 Å². The van der Waals surface area contributed by atoms with E-state index in [0.29, 0.717) is 24.0 Å². The van der Waals surface area contributed by atoms with Crippen LogP contribution in [-0.4, -0.2) is 11.1 Å². The fraction of sp³-hybridized carbons (Fsp3) is 0.364. The van der Waals surface area contributed by atoms with E-state index >= 15 is 0 Å². The molecule has 1 aliphatic rings. The number of rotatable bonds is 1. The van der Waals surface area contributed by atoms with Crippen molar-refractivity contribution in [2.24, 2.45) is 0 Å². The Bertz CT molecular complexity index is 374. The van der Waals surface area contributed by atoms with Gasteiger partial charge in [-0.1, -0.05) is 12.1 Å². The van der Waals surface area contributed by atoms with Gasteiger partial charge in [0.15, 0.2) is 0 Å². The van der Waals surface area contributed by atoms with Crippen LogP contribution in [0.25, 0.3) is 0 Å². The van der Waals surface area contributed by atoms with E-state index in [1.54, 1.807) is 18.2 Å². The lowest BCUT2D eigenvalue weighted by Gasteiger charge is -2.20. The maximum atomic E-state index is 13.4. The molecule has 0 amide bonds. The Hall–Kier alpha value is -1.38. The van der Waals surface area contributed by atoms with E-state index in [-0.39, 0.29) is 5.56 Å². The third-order valence-electron chi connectivity index (χ3n) is 2.66. The van der Waals surface area contributed by atoms with Gasteiger partial charge in [0.1, 0.15) is 6.17 Å². The smallest absolute Gasteiger partial charge is 0.335 e. The van der Waals surface area contributed by atoms with E-state index < -0.39 is 12.1 Å². The van der Waals surface area contributed by atoms with Gasteiger partial charge >= 0.3 is 5.97 Å². The van der Waals surface area contributed by atoms with Crippen molar-refractivity contribution in [2.45, 2.75) is 25.4 Å². The molecule has 1 aliphatic carbocycles. The van der Waals surface area contributed by atoms with Crippen LogP contribution in [0.5, 0.6) is 0 Å². The second kappa shape index (κ2) is 3.40. The summed E-state index contributed by atoms with van der Waals surface area (Å²) < 4.78 is 13.4. The quantitative estimate of drug-likeness (QED) is 0.746. The number of carbonyl (C=O) groups is 1. The zero-order valence-corrected chi connectivity index (χ0v) is 7.66. The molecule has 0 bridgehead atoms. The Morgan fingerprint density at radius 1 is 1.50 bits per heavy atom. The van der Waals surface area contributed by atoms with Crippen LogP contribution < -0.4 is 0 Å². The number of aromatic carboxylic acids is 1. The highest BCUT2D eigenvalue weighted by Gasteiger charge is 2.23. The minimum atomic E-state index is -0.988. The van der Waals surface area contributed by atoms with Crippen molar-refractivity contribution in [1.82, 2.24) is 0 Å². The number of halogens is 1. The van der Waals surface area contributed by atoms with Crippen molar-refractivity contribution in [3.8, 4) is 0 Å². The molecule has 0 spiro atoms. The highest BCUT2D eigenvalue weighted by molar-refractivity contribution is 5.89. The largest absolute Gasteiger partial charge is 0.478 e. The number of benzene rings is 1. The van der Waals surface area contributed by atoms with Gasteiger partial charge in [0.2, 0.25) is 0 Å². The summed E-state index contributed by atoms with van der Waals surface area (Å²) in [5.74, 6) is -0.962. The minimum Gasteiger partial charge on any atom is -0.478 e. The number of hydrogen-bond acceptors (Lipinski definition) is 1. The Morgan fingerprint density at radius 2 is 2.29 bits per heavy atom. The number of carboxylic acid groups (broad SMARTS) is 1. The van der Waals surface area contributed by atoms with Crippen LogP contribution in [0.2, 0.25) is 0 Å². The van der Waals surface area contributed by atoms with Crippen molar-refractivity contribution in [2.75, 3.05) is 0 Å². The van der Waals surface area contributed by atoms with Crippen LogP contribution in [0.15, 0.2) is 18.2 Å². The molecule has 0 radical (unpaired) electrons. The second-order valence-electron chi connectivity index (χ2n) is 3.54. The zero-order valence-electron chi connectivity index (χ0n) is 7.66. The van der Waals surface area contributed by atoms with Gasteiger partial charge in [0.05, 0.1) is 5.56 Å². The summed E-state index contributed by atoms with van der Waals surface area (Å²) in [5.41, 5.74) is 1.50. The molecule has 14 heavy (non-hydrogen) atoms. The van der Waals surface area contributed by atoms with Gasteiger partial charge in [-0.2, -0.15) is 0 Å². The SMILES string of the molecule is O=C(O)c1cccc2c1CCCC2F. The summed E-state index contributed by atoms with van der Waals surface area (Å²) in [4.78, 5) is 10.9. The molecule has 2 nitrogen and oxygen atoms in total. The normalized spacial score (nSPS) is 20.2. The molecule has 2 rings (SSSR count).